The van der Waals surface area contributed by atoms with Crippen LogP contribution in [0, 0.1) is 11.3 Å². The lowest BCUT2D eigenvalue weighted by molar-refractivity contribution is 0.374. The highest BCUT2D eigenvalue weighted by molar-refractivity contribution is 6.32. The molecule has 3 rings (SSSR count). The van der Waals surface area contributed by atoms with Gasteiger partial charge >= 0.3 is 0 Å². The molecule has 2 unspecified atom stereocenters. The van der Waals surface area contributed by atoms with E-state index in [4.69, 9.17) is 22.1 Å². The molecule has 2 heterocycles. The molecule has 7 nitrogen and oxygen atoms in total. The highest BCUT2D eigenvalue weighted by atomic mass is 35.5. The van der Waals surface area contributed by atoms with Crippen molar-refractivity contribution in [1.82, 2.24) is 15.8 Å². The zero-order valence-corrected chi connectivity index (χ0v) is 15.4. The quantitative estimate of drug-likeness (QED) is 0.653. The monoisotopic (exact) mass is 373 g/mol. The van der Waals surface area contributed by atoms with E-state index < -0.39 is 0 Å². The molecule has 0 aliphatic carbocycles. The number of hydrazine groups is 1. The lowest BCUT2D eigenvalue weighted by atomic mass is 9.89. The number of benzene rings is 1. The van der Waals surface area contributed by atoms with Gasteiger partial charge in [0.2, 0.25) is 0 Å². The van der Waals surface area contributed by atoms with Crippen LogP contribution in [0.1, 0.15) is 31.0 Å². The average Bonchev–Trinajstić information content (AvgIpc) is 2.95. The fraction of sp³-hybridized carbons (Fsp3) is 0.333. The molecule has 0 amide bonds. The zero-order valence-electron chi connectivity index (χ0n) is 14.7. The molecule has 1 saturated heterocycles. The van der Waals surface area contributed by atoms with E-state index in [1.807, 2.05) is 6.07 Å². The van der Waals surface area contributed by atoms with Crippen LogP contribution in [-0.4, -0.2) is 29.3 Å². The Morgan fingerprint density at radius 1 is 1.27 bits per heavy atom. The Hall–Kier alpha value is -2.53. The van der Waals surface area contributed by atoms with Crippen LogP contribution in [0.3, 0.4) is 0 Å². The zero-order chi connectivity index (χ0) is 19.0. The first kappa shape index (κ1) is 18.3. The number of rotatable bonds is 3. The summed E-state index contributed by atoms with van der Waals surface area (Å²) in [6.07, 6.45) is 0. The summed E-state index contributed by atoms with van der Waals surface area (Å²) in [6.45, 7) is 4.11. The maximum absolute atomic E-state index is 9.97. The number of nitrogens with one attached hydrogen (secondary N) is 2. The van der Waals surface area contributed by atoms with Crippen molar-refractivity contribution in [3.8, 4) is 28.7 Å². The second kappa shape index (κ2) is 7.00. The van der Waals surface area contributed by atoms with Gasteiger partial charge in [-0.25, -0.2) is 4.98 Å². The summed E-state index contributed by atoms with van der Waals surface area (Å²) in [5.74, 6) is 0.317. The molecule has 2 atom stereocenters. The number of nitrogens with two attached hydrogens (primary N) is 1. The molecule has 0 saturated carbocycles. The van der Waals surface area contributed by atoms with E-state index in [2.05, 4.69) is 35.8 Å². The fourth-order valence-corrected chi connectivity index (χ4v) is 3.58. The van der Waals surface area contributed by atoms with Crippen molar-refractivity contribution < 1.29 is 9.84 Å². The number of nitrogen functional groups attached to an aromatic ring is 1. The Labute approximate surface area is 156 Å². The van der Waals surface area contributed by atoms with E-state index in [0.717, 1.165) is 5.69 Å². The number of nitriles is 1. The molecule has 136 valence electrons. The number of anilines is 1. The third kappa shape index (κ3) is 3.03. The molecule has 1 aliphatic heterocycles. The van der Waals surface area contributed by atoms with Gasteiger partial charge < -0.3 is 15.6 Å². The van der Waals surface area contributed by atoms with Crippen molar-refractivity contribution in [3.63, 3.8) is 0 Å². The Morgan fingerprint density at radius 3 is 2.50 bits per heavy atom. The van der Waals surface area contributed by atoms with Crippen LogP contribution in [0.5, 0.6) is 11.5 Å². The van der Waals surface area contributed by atoms with E-state index >= 15 is 0 Å². The van der Waals surface area contributed by atoms with Crippen molar-refractivity contribution in [3.05, 3.63) is 34.5 Å². The molecule has 2 aromatic rings. The minimum Gasteiger partial charge on any atom is -0.503 e. The van der Waals surface area contributed by atoms with Gasteiger partial charge in [0.25, 0.3) is 0 Å². The molecular formula is C18H20ClN5O2. The van der Waals surface area contributed by atoms with Crippen molar-refractivity contribution in [2.24, 2.45) is 0 Å². The van der Waals surface area contributed by atoms with Crippen LogP contribution in [0.15, 0.2) is 18.2 Å². The van der Waals surface area contributed by atoms with Gasteiger partial charge in [0.05, 0.1) is 12.1 Å². The third-order valence-corrected chi connectivity index (χ3v) is 4.98. The number of hydrogen-bond donors (Lipinski definition) is 4. The molecular weight excluding hydrogens is 354 g/mol. The van der Waals surface area contributed by atoms with Crippen molar-refractivity contribution >= 4 is 17.4 Å². The summed E-state index contributed by atoms with van der Waals surface area (Å²) >= 11 is 6.12. The number of aromatic nitrogens is 1. The van der Waals surface area contributed by atoms with Gasteiger partial charge in [-0.1, -0.05) is 11.6 Å². The smallest absolute Gasteiger partial charge is 0.176 e. The number of nitrogens with zero attached hydrogens (tertiary/aromatic N) is 2. The van der Waals surface area contributed by atoms with Crippen LogP contribution in [0.4, 0.5) is 5.82 Å². The highest BCUT2D eigenvalue weighted by Gasteiger charge is 2.33. The van der Waals surface area contributed by atoms with E-state index in [1.165, 1.54) is 7.11 Å². The summed E-state index contributed by atoms with van der Waals surface area (Å²) in [6, 6.07) is 7.46. The fourth-order valence-electron chi connectivity index (χ4n) is 3.37. The largest absolute Gasteiger partial charge is 0.503 e. The van der Waals surface area contributed by atoms with Gasteiger partial charge in [-0.15, -0.1) is 0 Å². The van der Waals surface area contributed by atoms with Crippen molar-refractivity contribution in [2.75, 3.05) is 12.8 Å². The van der Waals surface area contributed by atoms with Gasteiger partial charge in [0.15, 0.2) is 11.5 Å². The predicted molar refractivity (Wildman–Crippen MR) is 100.0 cm³/mol. The number of aromatic hydroxyl groups is 1. The Bertz CT molecular complexity index is 886. The first-order valence-electron chi connectivity index (χ1n) is 8.15. The first-order chi connectivity index (χ1) is 12.4. The number of pyridine rings is 1. The number of ether oxygens (including phenoxy) is 1. The molecule has 1 aliphatic rings. The van der Waals surface area contributed by atoms with Gasteiger partial charge in [0, 0.05) is 29.3 Å². The molecule has 1 fully saturated rings. The maximum atomic E-state index is 9.97. The number of phenolic OH excluding ortho intramolecular Hbond substituents is 1. The van der Waals surface area contributed by atoms with E-state index in [0.29, 0.717) is 11.1 Å². The second-order valence-electron chi connectivity index (χ2n) is 6.37. The van der Waals surface area contributed by atoms with Crippen LogP contribution < -0.4 is 21.3 Å². The minimum atomic E-state index is -0.148. The summed E-state index contributed by atoms with van der Waals surface area (Å²) in [4.78, 5) is 4.46. The van der Waals surface area contributed by atoms with E-state index in [9.17, 15) is 10.4 Å². The van der Waals surface area contributed by atoms with Crippen LogP contribution in [0.25, 0.3) is 11.1 Å². The molecule has 0 spiro atoms. The molecule has 1 aromatic heterocycles. The van der Waals surface area contributed by atoms with E-state index in [-0.39, 0.29) is 45.9 Å². The Balaban J connectivity index is 2.21. The van der Waals surface area contributed by atoms with Gasteiger partial charge in [-0.3, -0.25) is 10.9 Å². The number of phenols is 1. The molecule has 0 radical (unpaired) electrons. The summed E-state index contributed by atoms with van der Waals surface area (Å²) in [7, 11) is 1.44. The van der Waals surface area contributed by atoms with Crippen molar-refractivity contribution in [1.29, 1.82) is 5.26 Å². The second-order valence-corrected chi connectivity index (χ2v) is 6.77. The van der Waals surface area contributed by atoms with Gasteiger partial charge in [-0.05, 0) is 37.6 Å². The molecule has 26 heavy (non-hydrogen) atoms. The normalized spacial score (nSPS) is 22.2. The van der Waals surface area contributed by atoms with Gasteiger partial charge in [-0.2, -0.15) is 5.26 Å². The average molecular weight is 374 g/mol. The third-order valence-electron chi connectivity index (χ3n) is 4.70. The molecule has 5 N–H and O–H groups in total. The summed E-state index contributed by atoms with van der Waals surface area (Å²) < 4.78 is 5.17. The summed E-state index contributed by atoms with van der Waals surface area (Å²) in [5, 5.41) is 19.7. The van der Waals surface area contributed by atoms with Crippen LogP contribution in [0.2, 0.25) is 5.02 Å². The lowest BCUT2D eigenvalue weighted by Gasteiger charge is -2.20. The topological polar surface area (TPSA) is 116 Å². The number of methoxy groups -OCH3 is 1. The van der Waals surface area contributed by atoms with Crippen LogP contribution >= 0.6 is 11.6 Å². The Morgan fingerprint density at radius 2 is 1.92 bits per heavy atom. The maximum Gasteiger partial charge on any atom is 0.176 e. The standard InChI is InChI=1S/C18H20ClN5O2/c1-8-16(9(2)24-23-8)14-6-11(12(7-20)18(21)22-14)10-4-13(19)17(25)15(5-10)26-3/h4-6,8-9,16,23-25H,1-3H3,(H2,21,22). The predicted octanol–water partition coefficient (Wildman–Crippen LogP) is 2.54. The Kier molecular flexibility index (Phi) is 4.92. The first-order valence-corrected chi connectivity index (χ1v) is 8.53. The van der Waals surface area contributed by atoms with Crippen molar-refractivity contribution in [2.45, 2.75) is 31.8 Å². The van der Waals surface area contributed by atoms with E-state index in [1.54, 1.807) is 12.1 Å². The molecule has 1 aromatic carbocycles. The molecule has 0 bridgehead atoms. The lowest BCUT2D eigenvalue weighted by Crippen LogP contribution is -2.30. The summed E-state index contributed by atoms with van der Waals surface area (Å²) in [5.41, 5.74) is 14.7. The van der Waals surface area contributed by atoms with Crippen LogP contribution in [-0.2, 0) is 0 Å². The SMILES string of the molecule is COc1cc(-c2cc(C3C(C)NNC3C)nc(N)c2C#N)cc(Cl)c1O. The number of hydrogen-bond acceptors (Lipinski definition) is 7. The highest BCUT2D eigenvalue weighted by Crippen LogP contribution is 2.40. The van der Waals surface area contributed by atoms with Gasteiger partial charge in [0.1, 0.15) is 17.5 Å². The minimum absolute atomic E-state index is 0.0817. The number of halogens is 1. The molecule has 8 heteroatoms.